The summed E-state index contributed by atoms with van der Waals surface area (Å²) in [6.07, 6.45) is 4.16. The molecule has 26 heavy (non-hydrogen) atoms. The predicted molar refractivity (Wildman–Crippen MR) is 93.6 cm³/mol. The standard InChI is InChI=1S/C19H21N3O4/c23-18(21-10-11-26-17-9-5-4-8-15(17)21)16-12-14(19(24)25)20-22(16)13-6-2-1-3-7-13/h1-3,6-7,12,15,17H,4-5,8-11H2,(H,24,25)/t15-,17+/m0/s1. The van der Waals surface area contributed by atoms with Crippen LogP contribution in [0.3, 0.4) is 0 Å². The van der Waals surface area contributed by atoms with Crippen LogP contribution in [0.2, 0.25) is 0 Å². The first-order valence-corrected chi connectivity index (χ1v) is 8.96. The molecule has 0 radical (unpaired) electrons. The summed E-state index contributed by atoms with van der Waals surface area (Å²) in [7, 11) is 0. The van der Waals surface area contributed by atoms with Crippen LogP contribution in [0.4, 0.5) is 0 Å². The van der Waals surface area contributed by atoms with Gasteiger partial charge in [0.05, 0.1) is 24.4 Å². The SMILES string of the molecule is O=C(O)c1cc(C(=O)N2CCO[C@@H]3CCCC[C@@H]32)n(-c2ccccc2)n1. The van der Waals surface area contributed by atoms with Crippen LogP contribution in [0.25, 0.3) is 5.69 Å². The number of benzene rings is 1. The van der Waals surface area contributed by atoms with Gasteiger partial charge in [-0.15, -0.1) is 0 Å². The Hall–Kier alpha value is -2.67. The van der Waals surface area contributed by atoms with Gasteiger partial charge >= 0.3 is 5.97 Å². The molecule has 1 N–H and O–H groups in total. The number of ether oxygens (including phenoxy) is 1. The number of carboxylic acids is 1. The molecule has 2 aliphatic rings. The third-order valence-corrected chi connectivity index (χ3v) is 5.14. The molecule has 1 saturated heterocycles. The van der Waals surface area contributed by atoms with Crippen molar-refractivity contribution in [3.05, 3.63) is 47.8 Å². The summed E-state index contributed by atoms with van der Waals surface area (Å²) in [5.74, 6) is -1.33. The molecule has 1 aliphatic carbocycles. The fourth-order valence-electron chi connectivity index (χ4n) is 3.90. The zero-order valence-electron chi connectivity index (χ0n) is 14.4. The highest BCUT2D eigenvalue weighted by Crippen LogP contribution is 2.30. The van der Waals surface area contributed by atoms with Crippen LogP contribution in [0, 0.1) is 0 Å². The molecule has 1 aromatic carbocycles. The molecule has 4 rings (SSSR count). The van der Waals surface area contributed by atoms with E-state index in [1.54, 1.807) is 12.1 Å². The van der Waals surface area contributed by atoms with Crippen molar-refractivity contribution in [1.82, 2.24) is 14.7 Å². The smallest absolute Gasteiger partial charge is 0.356 e. The molecule has 7 heteroatoms. The number of morpholine rings is 1. The Morgan fingerprint density at radius 1 is 1.15 bits per heavy atom. The van der Waals surface area contributed by atoms with Gasteiger partial charge in [0.25, 0.3) is 5.91 Å². The zero-order chi connectivity index (χ0) is 18.1. The highest BCUT2D eigenvalue weighted by atomic mass is 16.5. The van der Waals surface area contributed by atoms with E-state index in [4.69, 9.17) is 4.74 Å². The number of para-hydroxylation sites is 1. The van der Waals surface area contributed by atoms with Gasteiger partial charge in [0.2, 0.25) is 0 Å². The summed E-state index contributed by atoms with van der Waals surface area (Å²) in [6.45, 7) is 1.03. The van der Waals surface area contributed by atoms with Crippen molar-refractivity contribution in [2.24, 2.45) is 0 Å². The largest absolute Gasteiger partial charge is 0.476 e. The number of carbonyl (C=O) groups is 2. The topological polar surface area (TPSA) is 84.7 Å². The van der Waals surface area contributed by atoms with Crippen LogP contribution < -0.4 is 0 Å². The number of hydrogen-bond acceptors (Lipinski definition) is 4. The molecule has 1 saturated carbocycles. The van der Waals surface area contributed by atoms with Crippen molar-refractivity contribution in [1.29, 1.82) is 0 Å². The molecule has 1 aliphatic heterocycles. The maximum Gasteiger partial charge on any atom is 0.356 e. The van der Waals surface area contributed by atoms with Gasteiger partial charge in [0, 0.05) is 12.6 Å². The molecule has 2 atom stereocenters. The van der Waals surface area contributed by atoms with Crippen LogP contribution in [0.15, 0.2) is 36.4 Å². The lowest BCUT2D eigenvalue weighted by Gasteiger charge is -2.43. The molecule has 0 unspecified atom stereocenters. The molecule has 7 nitrogen and oxygen atoms in total. The molecule has 2 heterocycles. The third-order valence-electron chi connectivity index (χ3n) is 5.14. The molecule has 0 spiro atoms. The Labute approximate surface area is 151 Å². The van der Waals surface area contributed by atoms with Crippen molar-refractivity contribution in [2.75, 3.05) is 13.2 Å². The van der Waals surface area contributed by atoms with Crippen molar-refractivity contribution in [2.45, 2.75) is 37.8 Å². The van der Waals surface area contributed by atoms with E-state index in [0.717, 1.165) is 25.7 Å². The maximum absolute atomic E-state index is 13.3. The average molecular weight is 355 g/mol. The first-order chi connectivity index (χ1) is 12.6. The number of fused-ring (bicyclic) bond motifs is 1. The average Bonchev–Trinajstić information content (AvgIpc) is 3.13. The summed E-state index contributed by atoms with van der Waals surface area (Å²) < 4.78 is 7.28. The van der Waals surface area contributed by atoms with E-state index in [-0.39, 0.29) is 29.4 Å². The number of carbonyl (C=O) groups excluding carboxylic acids is 1. The van der Waals surface area contributed by atoms with Gasteiger partial charge in [0.15, 0.2) is 5.69 Å². The first kappa shape index (κ1) is 16.8. The fraction of sp³-hybridized carbons (Fsp3) is 0.421. The molecule has 0 bridgehead atoms. The van der Waals surface area contributed by atoms with E-state index in [2.05, 4.69) is 5.10 Å². The fourth-order valence-corrected chi connectivity index (χ4v) is 3.90. The van der Waals surface area contributed by atoms with Crippen LogP contribution >= 0.6 is 0 Å². The van der Waals surface area contributed by atoms with E-state index in [0.29, 0.717) is 18.8 Å². The quantitative estimate of drug-likeness (QED) is 0.914. The molecule has 2 aromatic rings. The molecular weight excluding hydrogens is 334 g/mol. The van der Waals surface area contributed by atoms with Crippen molar-refractivity contribution in [3.8, 4) is 5.69 Å². The van der Waals surface area contributed by atoms with Gasteiger partial charge in [-0.25, -0.2) is 9.48 Å². The van der Waals surface area contributed by atoms with Gasteiger partial charge in [-0.1, -0.05) is 31.0 Å². The van der Waals surface area contributed by atoms with Crippen LogP contribution in [0.1, 0.15) is 46.7 Å². The van der Waals surface area contributed by atoms with E-state index in [9.17, 15) is 14.7 Å². The van der Waals surface area contributed by atoms with Gasteiger partial charge in [-0.05, 0) is 25.0 Å². The van der Waals surface area contributed by atoms with Crippen molar-refractivity contribution >= 4 is 11.9 Å². The minimum Gasteiger partial charge on any atom is -0.476 e. The monoisotopic (exact) mass is 355 g/mol. The molecular formula is C19H21N3O4. The Bertz CT molecular complexity index is 815. The molecule has 136 valence electrons. The number of amides is 1. The molecule has 2 fully saturated rings. The second-order valence-corrected chi connectivity index (χ2v) is 6.73. The minimum atomic E-state index is -1.15. The number of rotatable bonds is 3. The Balaban J connectivity index is 1.72. The number of carboxylic acid groups (broad SMARTS) is 1. The lowest BCUT2D eigenvalue weighted by Crippen LogP contribution is -2.55. The highest BCUT2D eigenvalue weighted by molar-refractivity contribution is 5.96. The third kappa shape index (κ3) is 2.99. The number of aromatic carboxylic acids is 1. The van der Waals surface area contributed by atoms with E-state index >= 15 is 0 Å². The second-order valence-electron chi connectivity index (χ2n) is 6.73. The Morgan fingerprint density at radius 2 is 1.92 bits per heavy atom. The number of hydrogen-bond donors (Lipinski definition) is 1. The van der Waals surface area contributed by atoms with Crippen molar-refractivity contribution < 1.29 is 19.4 Å². The predicted octanol–water partition coefficient (Wildman–Crippen LogP) is 2.35. The van der Waals surface area contributed by atoms with Crippen molar-refractivity contribution in [3.63, 3.8) is 0 Å². The summed E-state index contributed by atoms with van der Waals surface area (Å²) in [5.41, 5.74) is 0.808. The van der Waals surface area contributed by atoms with E-state index in [1.807, 2.05) is 23.1 Å². The number of aromatic nitrogens is 2. The zero-order valence-corrected chi connectivity index (χ0v) is 14.4. The van der Waals surface area contributed by atoms with Crippen LogP contribution in [-0.2, 0) is 4.74 Å². The lowest BCUT2D eigenvalue weighted by molar-refractivity contribution is -0.0754. The molecule has 1 aromatic heterocycles. The summed E-state index contributed by atoms with van der Waals surface area (Å²) in [6, 6.07) is 10.6. The first-order valence-electron chi connectivity index (χ1n) is 8.96. The molecule has 1 amide bonds. The van der Waals surface area contributed by atoms with Gasteiger partial charge in [-0.2, -0.15) is 5.10 Å². The van der Waals surface area contributed by atoms with E-state index < -0.39 is 5.97 Å². The van der Waals surface area contributed by atoms with Gasteiger partial charge < -0.3 is 14.7 Å². The minimum absolute atomic E-state index is 0.0531. The summed E-state index contributed by atoms with van der Waals surface area (Å²) in [4.78, 5) is 26.5. The highest BCUT2D eigenvalue weighted by Gasteiger charge is 2.38. The Morgan fingerprint density at radius 3 is 2.69 bits per heavy atom. The van der Waals surface area contributed by atoms with Crippen LogP contribution in [-0.4, -0.2) is 57.0 Å². The van der Waals surface area contributed by atoms with Gasteiger partial charge in [0.1, 0.15) is 5.69 Å². The Kier molecular flexibility index (Phi) is 4.46. The normalized spacial score (nSPS) is 22.7. The van der Waals surface area contributed by atoms with E-state index in [1.165, 1.54) is 10.7 Å². The van der Waals surface area contributed by atoms with Gasteiger partial charge in [-0.3, -0.25) is 4.79 Å². The second kappa shape index (κ2) is 6.92. The number of nitrogens with zero attached hydrogens (tertiary/aromatic N) is 3. The lowest BCUT2D eigenvalue weighted by atomic mass is 9.90. The maximum atomic E-state index is 13.3. The summed E-state index contributed by atoms with van der Waals surface area (Å²) in [5, 5.41) is 13.5. The van der Waals surface area contributed by atoms with Crippen LogP contribution in [0.5, 0.6) is 0 Å². The summed E-state index contributed by atoms with van der Waals surface area (Å²) >= 11 is 0.